The van der Waals surface area contributed by atoms with Gasteiger partial charge in [-0.05, 0) is 37.6 Å². The summed E-state index contributed by atoms with van der Waals surface area (Å²) in [5.41, 5.74) is 0. The third kappa shape index (κ3) is 5.24. The standard InChI is InChI=1S/C24H23O4P/c1-3-27-23(25)17-18-28-22-16-10-15-21(26-2)24(22)29(19-11-6-4-7-12-19)20-13-8-5-9-14-20/h4-18H,3H2,1-2H3/b18-17+. The number of benzene rings is 3. The lowest BCUT2D eigenvalue weighted by molar-refractivity contribution is -0.137. The minimum absolute atomic E-state index is 0.320. The lowest BCUT2D eigenvalue weighted by Crippen LogP contribution is -2.23. The smallest absolute Gasteiger partial charge is 0.333 e. The van der Waals surface area contributed by atoms with Gasteiger partial charge in [-0.3, -0.25) is 0 Å². The molecule has 0 bridgehead atoms. The van der Waals surface area contributed by atoms with Crippen molar-refractivity contribution >= 4 is 29.8 Å². The zero-order valence-corrected chi connectivity index (χ0v) is 17.3. The number of esters is 1. The van der Waals surface area contributed by atoms with E-state index >= 15 is 0 Å². The highest BCUT2D eigenvalue weighted by molar-refractivity contribution is 7.80. The fourth-order valence-corrected chi connectivity index (χ4v) is 5.39. The van der Waals surface area contributed by atoms with Gasteiger partial charge in [0.2, 0.25) is 0 Å². The molecule has 0 amide bonds. The molecule has 148 valence electrons. The van der Waals surface area contributed by atoms with Crippen LogP contribution in [0.15, 0.2) is 91.2 Å². The van der Waals surface area contributed by atoms with Crippen LogP contribution >= 0.6 is 7.92 Å². The second kappa shape index (κ2) is 10.4. The summed E-state index contributed by atoms with van der Waals surface area (Å²) in [6.45, 7) is 2.08. The molecule has 0 N–H and O–H groups in total. The normalized spacial score (nSPS) is 10.9. The molecule has 0 aliphatic rings. The Hall–Kier alpha value is -3.10. The zero-order valence-electron chi connectivity index (χ0n) is 16.4. The molecule has 0 aliphatic carbocycles. The molecule has 0 unspecified atom stereocenters. The molecule has 0 aliphatic heterocycles. The summed E-state index contributed by atoms with van der Waals surface area (Å²) in [5, 5.41) is 3.31. The number of ether oxygens (including phenoxy) is 3. The van der Waals surface area contributed by atoms with E-state index in [9.17, 15) is 4.79 Å². The number of hydrogen-bond acceptors (Lipinski definition) is 4. The molecule has 5 heteroatoms. The number of methoxy groups -OCH3 is 1. The molecule has 3 rings (SSSR count). The van der Waals surface area contributed by atoms with Crippen LogP contribution in [0.2, 0.25) is 0 Å². The van der Waals surface area contributed by atoms with Gasteiger partial charge in [0, 0.05) is 0 Å². The van der Waals surface area contributed by atoms with Crippen molar-refractivity contribution in [3.63, 3.8) is 0 Å². The van der Waals surface area contributed by atoms with Crippen LogP contribution < -0.4 is 25.4 Å². The Bertz CT molecular complexity index is 916. The van der Waals surface area contributed by atoms with Crippen molar-refractivity contribution in [2.75, 3.05) is 13.7 Å². The highest BCUT2D eigenvalue weighted by Gasteiger charge is 2.24. The number of rotatable bonds is 8. The van der Waals surface area contributed by atoms with Crippen molar-refractivity contribution < 1.29 is 19.0 Å². The topological polar surface area (TPSA) is 44.8 Å². The lowest BCUT2D eigenvalue weighted by atomic mass is 10.3. The van der Waals surface area contributed by atoms with Gasteiger partial charge in [-0.25, -0.2) is 4.79 Å². The van der Waals surface area contributed by atoms with E-state index in [1.54, 1.807) is 14.0 Å². The fraction of sp³-hybridized carbons (Fsp3) is 0.125. The molecule has 0 spiro atoms. The summed E-state index contributed by atoms with van der Waals surface area (Å²) in [6.07, 6.45) is 2.64. The number of carbonyl (C=O) groups excluding carboxylic acids is 1. The maximum atomic E-state index is 11.6. The van der Waals surface area contributed by atoms with Gasteiger partial charge in [0.25, 0.3) is 0 Å². The summed E-state index contributed by atoms with van der Waals surface area (Å²) in [6, 6.07) is 26.3. The maximum Gasteiger partial charge on any atom is 0.333 e. The Morgan fingerprint density at radius 1 is 0.862 bits per heavy atom. The first kappa shape index (κ1) is 20.6. The van der Waals surface area contributed by atoms with E-state index in [4.69, 9.17) is 14.2 Å². The first-order valence-electron chi connectivity index (χ1n) is 9.31. The zero-order chi connectivity index (χ0) is 20.5. The highest BCUT2D eigenvalue weighted by atomic mass is 31.1. The van der Waals surface area contributed by atoms with Gasteiger partial charge in [0.05, 0.1) is 31.4 Å². The predicted octanol–water partition coefficient (Wildman–Crippen LogP) is 3.91. The Kier molecular flexibility index (Phi) is 7.43. The van der Waals surface area contributed by atoms with E-state index in [-0.39, 0.29) is 0 Å². The molecule has 4 nitrogen and oxygen atoms in total. The third-order valence-corrected chi connectivity index (χ3v) is 6.64. The number of carbonyl (C=O) groups is 1. The van der Waals surface area contributed by atoms with Crippen LogP contribution in [-0.4, -0.2) is 19.7 Å². The average Bonchev–Trinajstić information content (AvgIpc) is 2.76. The molecular weight excluding hydrogens is 383 g/mol. The van der Waals surface area contributed by atoms with Gasteiger partial charge in [0.15, 0.2) is 0 Å². The van der Waals surface area contributed by atoms with Crippen molar-refractivity contribution in [1.29, 1.82) is 0 Å². The van der Waals surface area contributed by atoms with Gasteiger partial charge in [-0.15, -0.1) is 0 Å². The van der Waals surface area contributed by atoms with Crippen LogP contribution in [0, 0.1) is 0 Å². The molecule has 0 fully saturated rings. The Labute approximate surface area is 172 Å². The molecule has 0 saturated carbocycles. The molecule has 0 heterocycles. The van der Waals surface area contributed by atoms with Crippen LogP contribution in [-0.2, 0) is 9.53 Å². The first-order valence-corrected chi connectivity index (χ1v) is 10.7. The van der Waals surface area contributed by atoms with E-state index in [1.807, 2.05) is 54.6 Å². The molecule has 0 aromatic heterocycles. The summed E-state index contributed by atoms with van der Waals surface area (Å²) in [4.78, 5) is 11.6. The average molecular weight is 406 g/mol. The van der Waals surface area contributed by atoms with E-state index < -0.39 is 13.9 Å². The van der Waals surface area contributed by atoms with Crippen LogP contribution in [0.25, 0.3) is 0 Å². The van der Waals surface area contributed by atoms with Gasteiger partial charge in [-0.2, -0.15) is 0 Å². The van der Waals surface area contributed by atoms with Crippen molar-refractivity contribution in [2.45, 2.75) is 6.92 Å². The highest BCUT2D eigenvalue weighted by Crippen LogP contribution is 2.40. The van der Waals surface area contributed by atoms with E-state index in [2.05, 4.69) is 24.3 Å². The van der Waals surface area contributed by atoms with Crippen molar-refractivity contribution in [3.8, 4) is 11.5 Å². The van der Waals surface area contributed by atoms with Crippen LogP contribution in [0.1, 0.15) is 6.92 Å². The van der Waals surface area contributed by atoms with E-state index in [0.717, 1.165) is 11.1 Å². The van der Waals surface area contributed by atoms with Crippen molar-refractivity contribution in [3.05, 3.63) is 91.2 Å². The van der Waals surface area contributed by atoms with Gasteiger partial charge in [-0.1, -0.05) is 66.7 Å². The molecule has 0 saturated heterocycles. The Morgan fingerprint density at radius 3 is 2.00 bits per heavy atom. The third-order valence-electron chi connectivity index (χ3n) is 4.12. The molecule has 3 aromatic carbocycles. The summed E-state index contributed by atoms with van der Waals surface area (Å²) < 4.78 is 16.5. The van der Waals surface area contributed by atoms with Gasteiger partial charge in [0.1, 0.15) is 11.5 Å². The molecule has 0 radical (unpaired) electrons. The SMILES string of the molecule is CCOC(=O)/C=C/Oc1cccc(OC)c1P(c1ccccc1)c1ccccc1. The van der Waals surface area contributed by atoms with Crippen LogP contribution in [0.4, 0.5) is 0 Å². The Balaban J connectivity index is 2.08. The summed E-state index contributed by atoms with van der Waals surface area (Å²) in [7, 11) is 0.721. The lowest BCUT2D eigenvalue weighted by Gasteiger charge is -2.23. The minimum atomic E-state index is -0.932. The minimum Gasteiger partial charge on any atom is -0.496 e. The Morgan fingerprint density at radius 2 is 1.45 bits per heavy atom. The van der Waals surface area contributed by atoms with Gasteiger partial charge >= 0.3 is 5.97 Å². The summed E-state index contributed by atoms with van der Waals surface area (Å²) >= 11 is 0. The van der Waals surface area contributed by atoms with Crippen LogP contribution in [0.5, 0.6) is 11.5 Å². The second-order valence-corrected chi connectivity index (χ2v) is 8.14. The molecular formula is C24H23O4P. The fourth-order valence-electron chi connectivity index (χ4n) is 2.90. The molecule has 0 atom stereocenters. The number of hydrogen-bond donors (Lipinski definition) is 0. The maximum absolute atomic E-state index is 11.6. The predicted molar refractivity (Wildman–Crippen MR) is 118 cm³/mol. The van der Waals surface area contributed by atoms with Crippen molar-refractivity contribution in [1.82, 2.24) is 0 Å². The second-order valence-electron chi connectivity index (χ2n) is 5.99. The van der Waals surface area contributed by atoms with Crippen LogP contribution in [0.3, 0.4) is 0 Å². The monoisotopic (exact) mass is 406 g/mol. The van der Waals surface area contributed by atoms with E-state index in [1.165, 1.54) is 22.9 Å². The first-order chi connectivity index (χ1) is 14.2. The molecule has 3 aromatic rings. The molecule has 29 heavy (non-hydrogen) atoms. The quantitative estimate of drug-likeness (QED) is 0.246. The van der Waals surface area contributed by atoms with Gasteiger partial charge < -0.3 is 14.2 Å². The van der Waals surface area contributed by atoms with E-state index in [0.29, 0.717) is 12.4 Å². The largest absolute Gasteiger partial charge is 0.496 e. The summed E-state index contributed by atoms with van der Waals surface area (Å²) in [5.74, 6) is 0.944. The van der Waals surface area contributed by atoms with Crippen molar-refractivity contribution in [2.24, 2.45) is 0 Å².